The third kappa shape index (κ3) is 6.78. The first-order chi connectivity index (χ1) is 15.0. The number of anilines is 2. The van der Waals surface area contributed by atoms with Crippen molar-refractivity contribution in [1.82, 2.24) is 9.97 Å². The van der Waals surface area contributed by atoms with E-state index in [0.29, 0.717) is 5.82 Å². The van der Waals surface area contributed by atoms with Crippen molar-refractivity contribution in [3.8, 4) is 11.1 Å². The summed E-state index contributed by atoms with van der Waals surface area (Å²) < 4.78 is 0. The number of nitrogens with zero attached hydrogens (tertiary/aromatic N) is 3. The van der Waals surface area contributed by atoms with E-state index in [1.807, 2.05) is 55.6 Å². The van der Waals surface area contributed by atoms with Gasteiger partial charge in [-0.25, -0.2) is 9.97 Å². The number of carbonyl (C=O) groups excluding carboxylic acids is 1. The number of pyridine rings is 2. The Balaban J connectivity index is 1.68. The summed E-state index contributed by atoms with van der Waals surface area (Å²) in [5, 5.41) is 2.85. The summed E-state index contributed by atoms with van der Waals surface area (Å²) in [6.45, 7) is 5.21. The first-order valence-corrected chi connectivity index (χ1v) is 10.7. The summed E-state index contributed by atoms with van der Waals surface area (Å²) >= 11 is 0. The summed E-state index contributed by atoms with van der Waals surface area (Å²) in [6, 6.07) is 15.9. The van der Waals surface area contributed by atoms with Crippen LogP contribution in [0.5, 0.6) is 0 Å². The minimum absolute atomic E-state index is 0.211. The molecule has 2 heterocycles. The van der Waals surface area contributed by atoms with Crippen LogP contribution in [-0.2, 0) is 4.79 Å². The summed E-state index contributed by atoms with van der Waals surface area (Å²) in [6.07, 6.45) is 10.4. The van der Waals surface area contributed by atoms with Crippen LogP contribution in [0, 0.1) is 6.92 Å². The smallest absolute Gasteiger partial charge is 0.249 e. The monoisotopic (exact) mass is 414 g/mol. The van der Waals surface area contributed by atoms with E-state index in [9.17, 15) is 4.79 Å². The molecule has 1 amide bonds. The largest absolute Gasteiger partial charge is 0.360 e. The maximum absolute atomic E-state index is 12.3. The lowest BCUT2D eigenvalue weighted by molar-refractivity contribution is -0.111. The minimum Gasteiger partial charge on any atom is -0.360 e. The van der Waals surface area contributed by atoms with Gasteiger partial charge in [-0.2, -0.15) is 0 Å². The number of hydrogen-bond acceptors (Lipinski definition) is 4. The lowest BCUT2D eigenvalue weighted by atomic mass is 10.1. The Morgan fingerprint density at radius 3 is 2.58 bits per heavy atom. The van der Waals surface area contributed by atoms with Gasteiger partial charge in [0.25, 0.3) is 0 Å². The molecule has 31 heavy (non-hydrogen) atoms. The number of rotatable bonds is 9. The van der Waals surface area contributed by atoms with Gasteiger partial charge in [-0.1, -0.05) is 49.6 Å². The van der Waals surface area contributed by atoms with Crippen molar-refractivity contribution in [2.24, 2.45) is 0 Å². The molecule has 1 N–H and O–H groups in total. The van der Waals surface area contributed by atoms with Crippen LogP contribution in [0.15, 0.2) is 67.0 Å². The topological polar surface area (TPSA) is 58.1 Å². The zero-order chi connectivity index (χ0) is 22.1. The third-order valence-corrected chi connectivity index (χ3v) is 5.05. The Morgan fingerprint density at radius 2 is 1.81 bits per heavy atom. The molecule has 3 aromatic rings. The number of hydrogen-bond donors (Lipinski definition) is 1. The second kappa shape index (κ2) is 11.1. The predicted octanol–water partition coefficient (Wildman–Crippen LogP) is 5.73. The molecule has 5 nitrogen and oxygen atoms in total. The van der Waals surface area contributed by atoms with Crippen molar-refractivity contribution in [2.75, 3.05) is 23.8 Å². The third-order valence-electron chi connectivity index (χ3n) is 5.05. The van der Waals surface area contributed by atoms with Gasteiger partial charge in [0.1, 0.15) is 11.6 Å². The van der Waals surface area contributed by atoms with Gasteiger partial charge in [-0.3, -0.25) is 4.79 Å². The molecule has 1 aromatic carbocycles. The van der Waals surface area contributed by atoms with Crippen LogP contribution >= 0.6 is 0 Å². The number of aryl methyl sites for hydroxylation is 1. The molecule has 0 fully saturated rings. The molecule has 0 aliphatic rings. The van der Waals surface area contributed by atoms with E-state index in [1.54, 1.807) is 12.3 Å². The number of carbonyl (C=O) groups is 1. The fraction of sp³-hybridized carbons (Fsp3) is 0.269. The summed E-state index contributed by atoms with van der Waals surface area (Å²) in [5.74, 6) is 1.25. The fourth-order valence-corrected chi connectivity index (χ4v) is 3.31. The van der Waals surface area contributed by atoms with Crippen LogP contribution in [0.3, 0.4) is 0 Å². The van der Waals surface area contributed by atoms with E-state index < -0.39 is 0 Å². The highest BCUT2D eigenvalue weighted by molar-refractivity contribution is 6.01. The van der Waals surface area contributed by atoms with Crippen molar-refractivity contribution in [2.45, 2.75) is 33.1 Å². The van der Waals surface area contributed by atoms with E-state index in [-0.39, 0.29) is 5.91 Å². The Morgan fingerprint density at radius 1 is 1.03 bits per heavy atom. The predicted molar refractivity (Wildman–Crippen MR) is 129 cm³/mol. The van der Waals surface area contributed by atoms with E-state index in [4.69, 9.17) is 0 Å². The van der Waals surface area contributed by atoms with Crippen molar-refractivity contribution in [1.29, 1.82) is 0 Å². The Hall–Kier alpha value is -3.47. The van der Waals surface area contributed by atoms with Gasteiger partial charge in [-0.05, 0) is 60.4 Å². The van der Waals surface area contributed by atoms with Crippen LogP contribution < -0.4 is 10.2 Å². The van der Waals surface area contributed by atoms with Crippen molar-refractivity contribution in [3.63, 3.8) is 0 Å². The zero-order valence-electron chi connectivity index (χ0n) is 18.5. The average Bonchev–Trinajstić information content (AvgIpc) is 2.78. The molecule has 0 unspecified atom stereocenters. The summed E-state index contributed by atoms with van der Waals surface area (Å²) in [4.78, 5) is 23.3. The number of nitrogens with one attached hydrogen (secondary N) is 1. The first-order valence-electron chi connectivity index (χ1n) is 10.7. The van der Waals surface area contributed by atoms with E-state index in [2.05, 4.69) is 40.2 Å². The minimum atomic E-state index is -0.211. The number of benzene rings is 1. The van der Waals surface area contributed by atoms with Crippen molar-refractivity contribution in [3.05, 3.63) is 78.1 Å². The van der Waals surface area contributed by atoms with Crippen molar-refractivity contribution < 1.29 is 4.79 Å². The Bertz CT molecular complexity index is 1040. The number of unbranched alkanes of at least 4 members (excludes halogenated alkanes) is 2. The van der Waals surface area contributed by atoms with Gasteiger partial charge < -0.3 is 10.2 Å². The van der Waals surface area contributed by atoms with E-state index >= 15 is 0 Å². The van der Waals surface area contributed by atoms with E-state index in [1.165, 1.54) is 18.9 Å². The standard InChI is InChI=1S/C26H30N4O/c1-4-5-6-16-30(3)25-19-23(13-15-28-25)22-12-14-27-24(18-22)29-26(31)11-10-21-9-7-8-20(2)17-21/h7-15,17-19H,4-6,16H2,1-3H3,(H,27,29,31)/b11-10+. The number of aromatic nitrogens is 2. The van der Waals surface area contributed by atoms with Gasteiger partial charge in [0.2, 0.25) is 5.91 Å². The molecular weight excluding hydrogens is 384 g/mol. The fourth-order valence-electron chi connectivity index (χ4n) is 3.31. The van der Waals surface area contributed by atoms with Crippen LogP contribution in [0.2, 0.25) is 0 Å². The maximum Gasteiger partial charge on any atom is 0.249 e. The highest BCUT2D eigenvalue weighted by Gasteiger charge is 2.07. The first kappa shape index (κ1) is 22.2. The van der Waals surface area contributed by atoms with Gasteiger partial charge in [-0.15, -0.1) is 0 Å². The van der Waals surface area contributed by atoms with Crippen LogP contribution in [0.4, 0.5) is 11.6 Å². The molecule has 0 atom stereocenters. The molecule has 5 heteroatoms. The maximum atomic E-state index is 12.3. The molecule has 0 aliphatic heterocycles. The zero-order valence-corrected chi connectivity index (χ0v) is 18.5. The molecule has 0 radical (unpaired) electrons. The lowest BCUT2D eigenvalue weighted by Crippen LogP contribution is -2.19. The van der Waals surface area contributed by atoms with Crippen LogP contribution in [0.1, 0.15) is 37.3 Å². The van der Waals surface area contributed by atoms with Gasteiger partial charge in [0, 0.05) is 32.1 Å². The molecule has 3 rings (SSSR count). The van der Waals surface area contributed by atoms with Crippen LogP contribution in [-0.4, -0.2) is 29.5 Å². The lowest BCUT2D eigenvalue weighted by Gasteiger charge is -2.18. The quantitative estimate of drug-likeness (QED) is 0.359. The van der Waals surface area contributed by atoms with E-state index in [0.717, 1.165) is 41.0 Å². The molecule has 160 valence electrons. The molecular formula is C26H30N4O. The molecule has 0 aliphatic carbocycles. The SMILES string of the molecule is CCCCCN(C)c1cc(-c2ccnc(NC(=O)/C=C/c3cccc(C)c3)c2)ccn1. The summed E-state index contributed by atoms with van der Waals surface area (Å²) in [5.41, 5.74) is 4.17. The highest BCUT2D eigenvalue weighted by atomic mass is 16.1. The summed E-state index contributed by atoms with van der Waals surface area (Å²) in [7, 11) is 2.07. The second-order valence-corrected chi connectivity index (χ2v) is 7.70. The van der Waals surface area contributed by atoms with Gasteiger partial charge in [0.05, 0.1) is 0 Å². The molecule has 0 saturated heterocycles. The molecule has 2 aromatic heterocycles. The van der Waals surface area contributed by atoms with Gasteiger partial charge in [0.15, 0.2) is 0 Å². The Kier molecular flexibility index (Phi) is 7.93. The average molecular weight is 415 g/mol. The number of amides is 1. The van der Waals surface area contributed by atoms with Gasteiger partial charge >= 0.3 is 0 Å². The molecule has 0 bridgehead atoms. The molecule has 0 spiro atoms. The normalized spacial score (nSPS) is 10.9. The highest BCUT2D eigenvalue weighted by Crippen LogP contribution is 2.24. The second-order valence-electron chi connectivity index (χ2n) is 7.70. The Labute approximate surface area is 184 Å². The molecule has 0 saturated carbocycles. The van der Waals surface area contributed by atoms with Crippen molar-refractivity contribution >= 4 is 23.6 Å². The van der Waals surface area contributed by atoms with Crippen LogP contribution in [0.25, 0.3) is 17.2 Å².